The van der Waals surface area contributed by atoms with Crippen LogP contribution in [0.25, 0.3) is 0 Å². The van der Waals surface area contributed by atoms with Crippen LogP contribution in [0.2, 0.25) is 0 Å². The summed E-state index contributed by atoms with van der Waals surface area (Å²) in [5.41, 5.74) is 8.27. The highest BCUT2D eigenvalue weighted by molar-refractivity contribution is 7.09. The van der Waals surface area contributed by atoms with Crippen molar-refractivity contribution in [2.75, 3.05) is 96.4 Å². The van der Waals surface area contributed by atoms with Crippen LogP contribution >= 0.6 is 11.3 Å². The molecule has 3 aromatic carbocycles. The predicted molar refractivity (Wildman–Crippen MR) is 437 cm³/mol. The zero-order valence-electron chi connectivity index (χ0n) is 68.9. The number of carboxylic acid groups (broad SMARTS) is 1. The van der Waals surface area contributed by atoms with E-state index in [1.807, 2.05) is 88.2 Å². The summed E-state index contributed by atoms with van der Waals surface area (Å²) in [5, 5.41) is 30.6. The van der Waals surface area contributed by atoms with Gasteiger partial charge in [-0.25, -0.2) is 14.8 Å². The molecule has 4 aromatic rings. The zero-order chi connectivity index (χ0) is 84.0. The molecule has 632 valence electrons. The van der Waals surface area contributed by atoms with Crippen molar-refractivity contribution in [1.29, 1.82) is 0 Å². The van der Waals surface area contributed by atoms with Crippen LogP contribution in [0.15, 0.2) is 78.2 Å². The molecule has 2 aliphatic rings. The van der Waals surface area contributed by atoms with Crippen LogP contribution in [-0.4, -0.2) is 202 Å². The van der Waals surface area contributed by atoms with Crippen molar-refractivity contribution in [1.82, 2.24) is 41.5 Å². The lowest BCUT2D eigenvalue weighted by Gasteiger charge is -2.39. The second-order valence-electron chi connectivity index (χ2n) is 30.8. The lowest BCUT2D eigenvalue weighted by Crippen LogP contribution is -2.58. The average Bonchev–Trinajstić information content (AvgIpc) is 1.80. The van der Waals surface area contributed by atoms with Crippen molar-refractivity contribution < 1.29 is 86.4 Å². The van der Waals surface area contributed by atoms with Crippen LogP contribution < -0.4 is 42.5 Å². The Kier molecular flexibility index (Phi) is 40.8. The fraction of sp³-hybridized carbons (Fsp3) is 0.600. The first kappa shape index (κ1) is 94.6. The van der Waals surface area contributed by atoms with Gasteiger partial charge in [-0.3, -0.25) is 57.7 Å². The van der Waals surface area contributed by atoms with E-state index in [1.54, 1.807) is 56.9 Å². The fourth-order valence-electron chi connectivity index (χ4n) is 13.5. The number of thiazole rings is 1. The Labute approximate surface area is 681 Å². The lowest BCUT2D eigenvalue weighted by atomic mass is 9.84. The molecule has 8 atom stereocenters. The Morgan fingerprint density at radius 2 is 1.38 bits per heavy atom. The first-order valence-corrected chi connectivity index (χ1v) is 41.3. The molecule has 1 saturated heterocycles. The molecule has 0 aliphatic carbocycles. The molecule has 9 N–H and O–H groups in total. The average molecular weight is 1620 g/mol. The van der Waals surface area contributed by atoms with Crippen molar-refractivity contribution in [2.24, 2.45) is 34.8 Å². The Balaban J connectivity index is 0.958. The third-order valence-electron chi connectivity index (χ3n) is 20.4. The van der Waals surface area contributed by atoms with Crippen molar-refractivity contribution in [3.8, 4) is 11.8 Å². The first-order valence-electron chi connectivity index (χ1n) is 40.5. The number of ketones is 1. The van der Waals surface area contributed by atoms with Gasteiger partial charge in [0.05, 0.1) is 95.2 Å². The maximum absolute atomic E-state index is 15.0. The minimum absolute atomic E-state index is 0.0139. The summed E-state index contributed by atoms with van der Waals surface area (Å²) in [6.45, 7) is 21.3. The van der Waals surface area contributed by atoms with Gasteiger partial charge in [0.15, 0.2) is 11.9 Å². The van der Waals surface area contributed by atoms with Gasteiger partial charge in [-0.05, 0) is 132 Å². The number of ether oxygens (including phenoxy) is 5. The fourth-order valence-corrected chi connectivity index (χ4v) is 14.3. The van der Waals surface area contributed by atoms with Crippen LogP contribution in [0.4, 0.5) is 16.2 Å². The van der Waals surface area contributed by atoms with Crippen molar-refractivity contribution >= 4 is 87.8 Å². The van der Waals surface area contributed by atoms with Gasteiger partial charge in [0.2, 0.25) is 29.5 Å². The Morgan fingerprint density at radius 3 is 2.03 bits per heavy atom. The number of para-hydroxylation sites is 1. The number of urea groups is 1. The summed E-state index contributed by atoms with van der Waals surface area (Å²) < 4.78 is 28.4. The number of piperidine rings is 1. The van der Waals surface area contributed by atoms with E-state index in [2.05, 4.69) is 50.7 Å². The van der Waals surface area contributed by atoms with Gasteiger partial charge in [0, 0.05) is 86.3 Å². The molecule has 115 heavy (non-hydrogen) atoms. The number of likely N-dealkylation sites (tertiary alicyclic amines) is 1. The molecule has 1 fully saturated rings. The second kappa shape index (κ2) is 49.6. The monoisotopic (exact) mass is 1620 g/mol. The zero-order valence-corrected chi connectivity index (χ0v) is 69.8. The third kappa shape index (κ3) is 32.4. The molecular formula is C85H123N11O18S. The Morgan fingerprint density at radius 1 is 0.722 bits per heavy atom. The topological polar surface area (TPSA) is 384 Å². The van der Waals surface area contributed by atoms with E-state index in [4.69, 9.17) is 39.2 Å². The smallest absolute Gasteiger partial charge is 0.312 e. The molecule has 0 bridgehead atoms. The number of unbranched alkanes of at least 4 members (excludes halogenated alkanes) is 2. The summed E-state index contributed by atoms with van der Waals surface area (Å²) >= 11 is 1.08. The highest BCUT2D eigenvalue weighted by atomic mass is 32.1. The number of aromatic nitrogens is 1. The van der Waals surface area contributed by atoms with Crippen LogP contribution in [0.5, 0.6) is 0 Å². The molecule has 29 nitrogen and oxygen atoms in total. The number of fused-ring (bicyclic) bond motifs is 2. The van der Waals surface area contributed by atoms with Gasteiger partial charge in [0.25, 0.3) is 11.8 Å². The number of benzene rings is 3. The number of carbonyl (C=O) groups is 11. The van der Waals surface area contributed by atoms with Crippen molar-refractivity contribution in [3.05, 3.63) is 111 Å². The Bertz CT molecular complexity index is 3880. The van der Waals surface area contributed by atoms with E-state index in [1.165, 1.54) is 17.4 Å². The van der Waals surface area contributed by atoms with Gasteiger partial charge >= 0.3 is 18.0 Å². The van der Waals surface area contributed by atoms with Gasteiger partial charge < -0.3 is 71.3 Å². The quantitative estimate of drug-likeness (QED) is 0.00882. The molecule has 6 rings (SSSR count). The number of carboxylic acids is 1. The number of nitrogens with one attached hydrogen (secondary N) is 6. The molecular weight excluding hydrogens is 1500 g/mol. The molecule has 0 spiro atoms. The number of carbonyl (C=O) groups excluding carboxylic acids is 10. The largest absolute Gasteiger partial charge is 0.481 e. The van der Waals surface area contributed by atoms with Crippen LogP contribution in [-0.2, 0) is 84.6 Å². The number of hydrogen-bond acceptors (Lipinski definition) is 20. The number of anilines is 2. The maximum atomic E-state index is 15.0. The first-order chi connectivity index (χ1) is 55.0. The standard InChI is InChI=1S/C85H123N11O18S/c1-12-14-21-41-113-96(82(105)77(58(7)13-2)93-80(104)69-28-19-20-40-94(69)11)70(56(3)4)52-72(114-59(8)97)81-91-67(55-115-81)79(103)90-66(53-85(9,10)83(106)107)50-60-29-33-65(34-30-60)89-78(102)63(26-22-38-88-84(86)108)51-71(98)76(57(5)6)92-74(100)37-42-109-44-46-111-48-49-112-47-45-110-43-39-87-73(99)35-36-75(101)95-54-64-25-16-15-23-61(64)31-32-62-24-17-18-27-68(62)95/h15-18,23-25,27,29-30,33-34,55-58,63,66,69-70,72,76-77H,12-14,19-22,26,28,35-54H2,1-11H3,(H,87,99)(H,89,102)(H,90,103)(H,92,100)(H,93,104)(H,106,107)(H3,86,88,108)/t58-,63+,66-,69+,70+,72+,76-,77-/m0/s1. The predicted octanol–water partition coefficient (Wildman–Crippen LogP) is 9.37. The number of likely N-dealkylation sites (N-methyl/N-ethyl adjacent to an activating group) is 1. The number of rotatable bonds is 52. The number of esters is 1. The van der Waals surface area contributed by atoms with E-state index in [9.17, 15) is 53.1 Å². The van der Waals surface area contributed by atoms with Crippen LogP contribution in [0, 0.1) is 40.9 Å². The number of primary amides is 1. The SMILES string of the molecule is CCCCCON(C(=O)[C@@H](NC(=O)[C@H]1CCCCN1C)[C@@H](C)CC)[C@H](C[C@@H](OC(C)=O)c1nc(C(=O)N[C@@H](Cc2ccc(NC(=O)[C@H](CCCNC(N)=O)CC(=O)[C@@H](NC(=O)CCOCCOCCOCCOCCNC(=O)CCC(=O)N3Cc4ccccc4C#Cc4ccccc43)C(C)C)cc2)CC(C)(C)C(=O)O)cs1)C(C)C. The van der Waals surface area contributed by atoms with E-state index < -0.39 is 83.2 Å². The highest BCUT2D eigenvalue weighted by Gasteiger charge is 2.41. The molecule has 9 amide bonds. The van der Waals surface area contributed by atoms with Gasteiger partial charge in [0.1, 0.15) is 16.7 Å². The van der Waals surface area contributed by atoms with Gasteiger partial charge in [-0.1, -0.05) is 128 Å². The second-order valence-corrected chi connectivity index (χ2v) is 31.7. The molecule has 2 aliphatic heterocycles. The van der Waals surface area contributed by atoms with E-state index >= 15 is 4.79 Å². The van der Waals surface area contributed by atoms with Gasteiger partial charge in [-0.2, -0.15) is 0 Å². The van der Waals surface area contributed by atoms with E-state index in [0.717, 1.165) is 60.3 Å². The van der Waals surface area contributed by atoms with Gasteiger partial charge in [-0.15, -0.1) is 11.3 Å². The number of hydrogen-bond donors (Lipinski definition) is 8. The summed E-state index contributed by atoms with van der Waals surface area (Å²) in [7, 11) is 1.91. The normalized spacial score (nSPS) is 15.3. The van der Waals surface area contributed by atoms with E-state index in [-0.39, 0.29) is 162 Å². The maximum Gasteiger partial charge on any atom is 0.312 e. The number of aliphatic carboxylic acids is 1. The summed E-state index contributed by atoms with van der Waals surface area (Å²) in [4.78, 5) is 163. The van der Waals surface area contributed by atoms with Crippen LogP contribution in [0.3, 0.4) is 0 Å². The molecule has 0 radical (unpaired) electrons. The van der Waals surface area contributed by atoms with Crippen LogP contribution in [0.1, 0.15) is 209 Å². The molecule has 3 heterocycles. The molecule has 0 saturated carbocycles. The number of nitrogens with zero attached hydrogens (tertiary/aromatic N) is 4. The minimum Gasteiger partial charge on any atom is -0.481 e. The Hall–Kier alpha value is -9.22. The summed E-state index contributed by atoms with van der Waals surface area (Å²) in [6, 6.07) is 17.5. The van der Waals surface area contributed by atoms with Crippen molar-refractivity contribution in [2.45, 2.75) is 215 Å². The molecule has 30 heteroatoms. The number of Topliss-reactive ketones (excluding diaryl/α,β-unsaturated/α-hetero) is 1. The number of amides is 9. The van der Waals surface area contributed by atoms with Crippen molar-refractivity contribution in [3.63, 3.8) is 0 Å². The lowest BCUT2D eigenvalue weighted by molar-refractivity contribution is -0.213. The summed E-state index contributed by atoms with van der Waals surface area (Å²) in [5.74, 6) is -0.130. The third-order valence-corrected chi connectivity index (χ3v) is 21.3. The molecule has 1 aromatic heterocycles. The minimum atomic E-state index is -1.31. The number of nitrogens with two attached hydrogens (primary N) is 1. The molecule has 0 unspecified atom stereocenters. The van der Waals surface area contributed by atoms with E-state index in [0.29, 0.717) is 69.0 Å². The number of hydroxylamine groups is 2. The highest BCUT2D eigenvalue weighted by Crippen LogP contribution is 2.34. The summed E-state index contributed by atoms with van der Waals surface area (Å²) in [6.07, 6.45) is 4.88.